The minimum atomic E-state index is -5.08. The second-order valence-electron chi connectivity index (χ2n) is 9.44. The maximum absolute atomic E-state index is 13.1. The van der Waals surface area contributed by atoms with E-state index in [1.54, 1.807) is 12.3 Å². The molecule has 1 saturated carbocycles. The first-order chi connectivity index (χ1) is 19.3. The van der Waals surface area contributed by atoms with Gasteiger partial charge in [0.05, 0.1) is 10.6 Å². The van der Waals surface area contributed by atoms with Gasteiger partial charge in [-0.15, -0.1) is 0 Å². The molecule has 220 valence electrons. The van der Waals surface area contributed by atoms with Crippen LogP contribution in [0.3, 0.4) is 0 Å². The van der Waals surface area contributed by atoms with Crippen molar-refractivity contribution in [1.82, 2.24) is 20.3 Å². The molecule has 1 fully saturated rings. The second kappa shape index (κ2) is 14.4. The van der Waals surface area contributed by atoms with Gasteiger partial charge in [0.1, 0.15) is 10.8 Å². The highest BCUT2D eigenvalue weighted by Crippen LogP contribution is 2.34. The second-order valence-corrected chi connectivity index (χ2v) is 10.9. The zero-order chi connectivity index (χ0) is 30.2. The lowest BCUT2D eigenvalue weighted by Gasteiger charge is -2.30. The SMILES string of the molecule is Cc1cc(N(C)C)nc(NC2CCC(NC(=O)c3cccnc3Sc3ccccc3Cl)CC2)n1.O=C(O)C(F)(F)F. The van der Waals surface area contributed by atoms with Gasteiger partial charge >= 0.3 is 12.1 Å². The summed E-state index contributed by atoms with van der Waals surface area (Å²) in [5.74, 6) is -1.31. The molecule has 0 aliphatic heterocycles. The van der Waals surface area contributed by atoms with Crippen LogP contribution in [-0.2, 0) is 4.79 Å². The molecule has 0 spiro atoms. The molecule has 0 atom stereocenters. The number of carbonyl (C=O) groups excluding carboxylic acids is 1. The van der Waals surface area contributed by atoms with E-state index in [2.05, 4.69) is 25.6 Å². The van der Waals surface area contributed by atoms with E-state index in [-0.39, 0.29) is 18.0 Å². The number of aliphatic carboxylic acids is 1. The molecule has 2 aromatic heterocycles. The zero-order valence-corrected chi connectivity index (χ0v) is 24.1. The van der Waals surface area contributed by atoms with Crippen molar-refractivity contribution in [2.24, 2.45) is 0 Å². The Labute approximate surface area is 244 Å². The molecule has 0 saturated heterocycles. The number of aromatic nitrogens is 3. The Hall–Kier alpha value is -3.58. The smallest absolute Gasteiger partial charge is 0.475 e. The Morgan fingerprint density at radius 1 is 1.05 bits per heavy atom. The van der Waals surface area contributed by atoms with Crippen LogP contribution in [0.1, 0.15) is 41.7 Å². The summed E-state index contributed by atoms with van der Waals surface area (Å²) in [7, 11) is 3.94. The Morgan fingerprint density at radius 2 is 1.68 bits per heavy atom. The standard InChI is InChI=1S/C25H29ClN6OS.C2HF3O2/c1-16-15-22(32(2)3)31-25(28-16)30-18-12-10-17(11-13-18)29-23(33)19-7-6-14-27-24(19)34-21-9-5-4-8-20(21)26;3-2(4,5)1(6)7/h4-9,14-15,17-18H,10-13H2,1-3H3,(H,29,33)(H,28,30,31);(H,6,7). The van der Waals surface area contributed by atoms with Gasteiger partial charge in [-0.2, -0.15) is 18.2 Å². The number of aryl methyl sites for hydroxylation is 1. The lowest BCUT2D eigenvalue weighted by atomic mass is 9.91. The van der Waals surface area contributed by atoms with Gasteiger partial charge in [0.25, 0.3) is 5.91 Å². The number of nitrogens with zero attached hydrogens (tertiary/aromatic N) is 4. The van der Waals surface area contributed by atoms with E-state index in [1.165, 1.54) is 11.8 Å². The van der Waals surface area contributed by atoms with E-state index in [0.717, 1.165) is 42.1 Å². The quantitative estimate of drug-likeness (QED) is 0.303. The highest BCUT2D eigenvalue weighted by molar-refractivity contribution is 7.99. The summed E-state index contributed by atoms with van der Waals surface area (Å²) in [6, 6.07) is 13.5. The number of hydrogen-bond donors (Lipinski definition) is 3. The number of anilines is 2. The summed E-state index contributed by atoms with van der Waals surface area (Å²) < 4.78 is 31.7. The van der Waals surface area contributed by atoms with E-state index in [9.17, 15) is 18.0 Å². The molecule has 41 heavy (non-hydrogen) atoms. The van der Waals surface area contributed by atoms with Crippen molar-refractivity contribution in [3.05, 3.63) is 64.9 Å². The van der Waals surface area contributed by atoms with Gasteiger partial charge in [-0.25, -0.2) is 14.8 Å². The average molecular weight is 611 g/mol. The third kappa shape index (κ3) is 9.78. The minimum Gasteiger partial charge on any atom is -0.475 e. The van der Waals surface area contributed by atoms with Crippen LogP contribution < -0.4 is 15.5 Å². The van der Waals surface area contributed by atoms with Crippen molar-refractivity contribution in [1.29, 1.82) is 0 Å². The van der Waals surface area contributed by atoms with Gasteiger partial charge in [-0.1, -0.05) is 35.5 Å². The number of rotatable bonds is 7. The number of carboxylic acid groups (broad SMARTS) is 1. The maximum Gasteiger partial charge on any atom is 0.490 e. The van der Waals surface area contributed by atoms with E-state index < -0.39 is 12.1 Å². The van der Waals surface area contributed by atoms with E-state index in [4.69, 9.17) is 21.5 Å². The van der Waals surface area contributed by atoms with Gasteiger partial charge in [0.2, 0.25) is 5.95 Å². The number of nitrogens with one attached hydrogen (secondary N) is 2. The number of carboxylic acids is 1. The molecule has 3 aromatic rings. The number of carbonyl (C=O) groups is 2. The molecular formula is C27H30ClF3N6O3S. The Balaban J connectivity index is 0.000000587. The Bertz CT molecular complexity index is 1350. The fourth-order valence-corrected chi connectivity index (χ4v) is 5.11. The van der Waals surface area contributed by atoms with Gasteiger partial charge in [-0.3, -0.25) is 4.79 Å². The summed E-state index contributed by atoms with van der Waals surface area (Å²) in [6.45, 7) is 1.98. The van der Waals surface area contributed by atoms with Gasteiger partial charge in [0, 0.05) is 49.0 Å². The van der Waals surface area contributed by atoms with Gasteiger partial charge in [-0.05, 0) is 56.9 Å². The van der Waals surface area contributed by atoms with E-state index in [0.29, 0.717) is 21.6 Å². The van der Waals surface area contributed by atoms with Crippen LogP contribution in [0, 0.1) is 6.92 Å². The summed E-state index contributed by atoms with van der Waals surface area (Å²) in [5.41, 5.74) is 1.50. The molecule has 4 rings (SSSR count). The number of halogens is 4. The predicted molar refractivity (Wildman–Crippen MR) is 152 cm³/mol. The van der Waals surface area contributed by atoms with Crippen LogP contribution >= 0.6 is 23.4 Å². The average Bonchev–Trinajstić information content (AvgIpc) is 2.91. The van der Waals surface area contributed by atoms with Crippen LogP contribution in [0.5, 0.6) is 0 Å². The highest BCUT2D eigenvalue weighted by Gasteiger charge is 2.38. The first kappa shape index (κ1) is 31.9. The predicted octanol–water partition coefficient (Wildman–Crippen LogP) is 5.84. The third-order valence-electron chi connectivity index (χ3n) is 6.00. The summed E-state index contributed by atoms with van der Waals surface area (Å²) >= 11 is 7.71. The monoisotopic (exact) mass is 610 g/mol. The van der Waals surface area contributed by atoms with Crippen molar-refractivity contribution in [2.75, 3.05) is 24.3 Å². The lowest BCUT2D eigenvalue weighted by molar-refractivity contribution is -0.192. The van der Waals surface area contributed by atoms with Gasteiger partial charge < -0.3 is 20.6 Å². The first-order valence-corrected chi connectivity index (χ1v) is 13.8. The van der Waals surface area contributed by atoms with E-state index >= 15 is 0 Å². The molecule has 2 heterocycles. The summed E-state index contributed by atoms with van der Waals surface area (Å²) in [6.07, 6.45) is 0.273. The number of hydrogen-bond acceptors (Lipinski definition) is 8. The zero-order valence-electron chi connectivity index (χ0n) is 22.6. The molecule has 0 unspecified atom stereocenters. The van der Waals surface area contributed by atoms with Crippen molar-refractivity contribution in [3.63, 3.8) is 0 Å². The fraction of sp³-hybridized carbons (Fsp3) is 0.370. The lowest BCUT2D eigenvalue weighted by Crippen LogP contribution is -2.40. The number of amides is 1. The van der Waals surface area contributed by atoms with Crippen molar-refractivity contribution in [2.45, 2.75) is 60.8 Å². The summed E-state index contributed by atoms with van der Waals surface area (Å²) in [5, 5.41) is 15.1. The maximum atomic E-state index is 13.1. The molecule has 1 aromatic carbocycles. The molecule has 14 heteroatoms. The van der Waals surface area contributed by atoms with Crippen molar-refractivity contribution >= 4 is 47.0 Å². The van der Waals surface area contributed by atoms with Crippen LogP contribution in [0.2, 0.25) is 5.02 Å². The molecular weight excluding hydrogens is 581 g/mol. The molecule has 1 amide bonds. The number of benzene rings is 1. The number of alkyl halides is 3. The highest BCUT2D eigenvalue weighted by atomic mass is 35.5. The van der Waals surface area contributed by atoms with Crippen molar-refractivity contribution < 1.29 is 27.9 Å². The van der Waals surface area contributed by atoms with Crippen molar-refractivity contribution in [3.8, 4) is 0 Å². The minimum absolute atomic E-state index is 0.100. The molecule has 0 radical (unpaired) electrons. The topological polar surface area (TPSA) is 120 Å². The van der Waals surface area contributed by atoms with E-state index in [1.807, 2.05) is 62.3 Å². The van der Waals surface area contributed by atoms with Crippen LogP contribution in [0.25, 0.3) is 0 Å². The normalized spacial score (nSPS) is 16.7. The van der Waals surface area contributed by atoms with Crippen LogP contribution in [-0.4, -0.2) is 64.3 Å². The first-order valence-electron chi connectivity index (χ1n) is 12.6. The third-order valence-corrected chi connectivity index (χ3v) is 7.53. The van der Waals surface area contributed by atoms with Gasteiger partial charge in [0.15, 0.2) is 0 Å². The Kier molecular flexibility index (Phi) is 11.2. The fourth-order valence-electron chi connectivity index (χ4n) is 3.95. The van der Waals surface area contributed by atoms with Crippen LogP contribution in [0.15, 0.2) is 58.6 Å². The summed E-state index contributed by atoms with van der Waals surface area (Å²) in [4.78, 5) is 38.4. The molecule has 3 N–H and O–H groups in total. The van der Waals surface area contributed by atoms with Crippen LogP contribution in [0.4, 0.5) is 24.9 Å². The molecule has 9 nitrogen and oxygen atoms in total. The Morgan fingerprint density at radius 3 is 2.29 bits per heavy atom. The molecule has 0 bridgehead atoms. The molecule has 1 aliphatic rings. The molecule has 1 aliphatic carbocycles. The number of pyridine rings is 1. The largest absolute Gasteiger partial charge is 0.490 e.